The topological polar surface area (TPSA) is 68.4 Å². The third-order valence-corrected chi connectivity index (χ3v) is 6.10. The zero-order valence-electron chi connectivity index (χ0n) is 17.0. The van der Waals surface area contributed by atoms with E-state index >= 15 is 0 Å². The molecule has 1 atom stereocenters. The Kier molecular flexibility index (Phi) is 6.03. The Balaban J connectivity index is 1.33. The van der Waals surface area contributed by atoms with Crippen molar-refractivity contribution < 1.29 is 9.84 Å². The van der Waals surface area contributed by atoms with E-state index in [0.29, 0.717) is 5.75 Å². The molecule has 0 bridgehead atoms. The standard InChI is InChI=1S/C23H25N3O3S/c1-25-20-10-7-17(12-21(20)26(2)23(25)28)22(27)15-29-18-8-5-16(6-9-18)13-24-14-19-4-3-11-30-19/h3-12,22,24,27H,13-15H2,1-2H3/t22-/m1/s1. The van der Waals surface area contributed by atoms with Crippen molar-refractivity contribution in [1.29, 1.82) is 0 Å². The van der Waals surface area contributed by atoms with E-state index in [-0.39, 0.29) is 12.3 Å². The van der Waals surface area contributed by atoms with Crippen LogP contribution in [0.5, 0.6) is 5.75 Å². The lowest BCUT2D eigenvalue weighted by atomic mass is 10.1. The molecular weight excluding hydrogens is 398 g/mol. The van der Waals surface area contributed by atoms with Crippen molar-refractivity contribution in [2.45, 2.75) is 19.2 Å². The first-order chi connectivity index (χ1) is 14.5. The minimum Gasteiger partial charge on any atom is -0.491 e. The van der Waals surface area contributed by atoms with Crippen LogP contribution < -0.4 is 15.7 Å². The molecule has 0 aliphatic rings. The lowest BCUT2D eigenvalue weighted by molar-refractivity contribution is 0.108. The summed E-state index contributed by atoms with van der Waals surface area (Å²) < 4.78 is 8.95. The molecule has 4 aromatic rings. The molecule has 7 heteroatoms. The summed E-state index contributed by atoms with van der Waals surface area (Å²) in [5, 5.41) is 16.0. The summed E-state index contributed by atoms with van der Waals surface area (Å²) >= 11 is 1.75. The van der Waals surface area contributed by atoms with E-state index < -0.39 is 6.10 Å². The molecule has 156 valence electrons. The molecule has 2 heterocycles. The predicted molar refractivity (Wildman–Crippen MR) is 120 cm³/mol. The van der Waals surface area contributed by atoms with Crippen molar-refractivity contribution in [2.75, 3.05) is 6.61 Å². The van der Waals surface area contributed by atoms with Crippen LogP contribution in [0.3, 0.4) is 0 Å². The van der Waals surface area contributed by atoms with Gasteiger partial charge in [0.15, 0.2) is 0 Å². The maximum atomic E-state index is 12.1. The second-order valence-electron chi connectivity index (χ2n) is 7.30. The van der Waals surface area contributed by atoms with Gasteiger partial charge in [0.1, 0.15) is 18.5 Å². The Morgan fingerprint density at radius 3 is 2.53 bits per heavy atom. The van der Waals surface area contributed by atoms with Gasteiger partial charge in [0.25, 0.3) is 0 Å². The first-order valence-corrected chi connectivity index (χ1v) is 10.7. The molecule has 30 heavy (non-hydrogen) atoms. The van der Waals surface area contributed by atoms with Crippen LogP contribution in [0.1, 0.15) is 22.1 Å². The smallest absolute Gasteiger partial charge is 0.328 e. The number of benzene rings is 2. The largest absolute Gasteiger partial charge is 0.491 e. The van der Waals surface area contributed by atoms with Gasteiger partial charge in [-0.2, -0.15) is 0 Å². The fraction of sp³-hybridized carbons (Fsp3) is 0.261. The van der Waals surface area contributed by atoms with Crippen molar-refractivity contribution in [3.8, 4) is 5.75 Å². The molecule has 0 amide bonds. The van der Waals surface area contributed by atoms with E-state index in [0.717, 1.165) is 29.7 Å². The SMILES string of the molecule is Cn1c(=O)n(C)c2cc([C@H](O)COc3ccc(CNCc4cccs4)cc3)ccc21. The number of hydrogen-bond acceptors (Lipinski definition) is 5. The molecule has 0 spiro atoms. The van der Waals surface area contributed by atoms with E-state index in [2.05, 4.69) is 22.8 Å². The highest BCUT2D eigenvalue weighted by molar-refractivity contribution is 7.09. The minimum atomic E-state index is -0.781. The number of aryl methyl sites for hydroxylation is 2. The number of fused-ring (bicyclic) bond motifs is 1. The number of aliphatic hydroxyl groups is 1. The fourth-order valence-corrected chi connectivity index (χ4v) is 4.12. The molecule has 0 aliphatic carbocycles. The monoisotopic (exact) mass is 423 g/mol. The molecule has 0 aliphatic heterocycles. The summed E-state index contributed by atoms with van der Waals surface area (Å²) in [6.45, 7) is 1.79. The second kappa shape index (κ2) is 8.87. The second-order valence-corrected chi connectivity index (χ2v) is 8.33. The van der Waals surface area contributed by atoms with Crippen molar-refractivity contribution in [2.24, 2.45) is 14.1 Å². The highest BCUT2D eigenvalue weighted by Crippen LogP contribution is 2.21. The number of ether oxygens (including phenoxy) is 1. The molecule has 4 rings (SSSR count). The van der Waals surface area contributed by atoms with Crippen LogP contribution in [-0.4, -0.2) is 20.8 Å². The number of imidazole rings is 1. The van der Waals surface area contributed by atoms with Crippen molar-refractivity contribution in [3.05, 3.63) is 86.5 Å². The average molecular weight is 424 g/mol. The van der Waals surface area contributed by atoms with Crippen LogP contribution >= 0.6 is 11.3 Å². The van der Waals surface area contributed by atoms with Crippen LogP contribution in [0.2, 0.25) is 0 Å². The molecule has 2 aromatic heterocycles. The number of thiophene rings is 1. The third-order valence-electron chi connectivity index (χ3n) is 5.22. The van der Waals surface area contributed by atoms with Crippen molar-refractivity contribution in [1.82, 2.24) is 14.5 Å². The van der Waals surface area contributed by atoms with Gasteiger partial charge in [-0.3, -0.25) is 9.13 Å². The van der Waals surface area contributed by atoms with E-state index in [1.807, 2.05) is 42.5 Å². The van der Waals surface area contributed by atoms with Crippen molar-refractivity contribution >= 4 is 22.4 Å². The Hall–Kier alpha value is -2.87. The molecule has 2 N–H and O–H groups in total. The molecule has 0 saturated heterocycles. The van der Waals surface area contributed by atoms with Crippen LogP contribution in [0.4, 0.5) is 0 Å². The number of rotatable bonds is 8. The molecule has 6 nitrogen and oxygen atoms in total. The van der Waals surface area contributed by atoms with Crippen LogP contribution in [0.25, 0.3) is 11.0 Å². The van der Waals surface area contributed by atoms with E-state index in [1.165, 1.54) is 10.4 Å². The van der Waals surface area contributed by atoms with Gasteiger partial charge in [-0.05, 0) is 46.8 Å². The van der Waals surface area contributed by atoms with E-state index in [9.17, 15) is 9.90 Å². The zero-order chi connectivity index (χ0) is 21.1. The normalized spacial score (nSPS) is 12.4. The highest BCUT2D eigenvalue weighted by Gasteiger charge is 2.13. The Bertz CT molecular complexity index is 1180. The first kappa shape index (κ1) is 20.4. The summed E-state index contributed by atoms with van der Waals surface area (Å²) in [5.74, 6) is 0.712. The van der Waals surface area contributed by atoms with E-state index in [1.54, 1.807) is 34.6 Å². The highest BCUT2D eigenvalue weighted by atomic mass is 32.1. The molecule has 0 fully saturated rings. The number of aliphatic hydroxyl groups excluding tert-OH is 1. The molecule has 0 saturated carbocycles. The Morgan fingerprint density at radius 1 is 1.03 bits per heavy atom. The summed E-state index contributed by atoms with van der Waals surface area (Å²) in [5.41, 5.74) is 3.44. The van der Waals surface area contributed by atoms with Gasteiger partial charge < -0.3 is 15.2 Å². The number of hydrogen-bond donors (Lipinski definition) is 2. The average Bonchev–Trinajstić information content (AvgIpc) is 3.36. The van der Waals surface area contributed by atoms with Gasteiger partial charge in [0.05, 0.1) is 11.0 Å². The summed E-state index contributed by atoms with van der Waals surface area (Å²) in [6, 6.07) is 17.6. The molecule has 0 radical (unpaired) electrons. The first-order valence-electron chi connectivity index (χ1n) is 9.81. The van der Waals surface area contributed by atoms with Crippen molar-refractivity contribution in [3.63, 3.8) is 0 Å². The van der Waals surface area contributed by atoms with Crippen LogP contribution in [0.15, 0.2) is 64.8 Å². The number of nitrogens with zero attached hydrogens (tertiary/aromatic N) is 2. The van der Waals surface area contributed by atoms with Gasteiger partial charge in [0.2, 0.25) is 0 Å². The third kappa shape index (κ3) is 4.33. The van der Waals surface area contributed by atoms with Gasteiger partial charge in [-0.1, -0.05) is 24.3 Å². The minimum absolute atomic E-state index is 0.0853. The van der Waals surface area contributed by atoms with Crippen LogP contribution in [0, 0.1) is 0 Å². The summed E-state index contributed by atoms with van der Waals surface area (Å²) in [4.78, 5) is 13.4. The Labute approximate surface area is 179 Å². The Morgan fingerprint density at radius 2 is 1.80 bits per heavy atom. The predicted octanol–water partition coefficient (Wildman–Crippen LogP) is 3.34. The molecule has 2 aromatic carbocycles. The number of aromatic nitrogens is 2. The van der Waals surface area contributed by atoms with Gasteiger partial charge in [-0.15, -0.1) is 11.3 Å². The fourth-order valence-electron chi connectivity index (χ4n) is 3.45. The lowest BCUT2D eigenvalue weighted by Gasteiger charge is -2.13. The van der Waals surface area contributed by atoms with E-state index in [4.69, 9.17) is 4.74 Å². The molecular formula is C23H25N3O3S. The van der Waals surface area contributed by atoms with Gasteiger partial charge >= 0.3 is 5.69 Å². The van der Waals surface area contributed by atoms with Crippen LogP contribution in [-0.2, 0) is 27.2 Å². The maximum Gasteiger partial charge on any atom is 0.328 e. The van der Waals surface area contributed by atoms with Gasteiger partial charge in [0, 0.05) is 32.1 Å². The lowest BCUT2D eigenvalue weighted by Crippen LogP contribution is -2.19. The summed E-state index contributed by atoms with van der Waals surface area (Å²) in [7, 11) is 3.47. The number of nitrogens with one attached hydrogen (secondary N) is 1. The zero-order valence-corrected chi connectivity index (χ0v) is 17.9. The quantitative estimate of drug-likeness (QED) is 0.456. The maximum absolute atomic E-state index is 12.1. The molecule has 0 unspecified atom stereocenters. The summed E-state index contributed by atoms with van der Waals surface area (Å²) in [6.07, 6.45) is -0.781. The van der Waals surface area contributed by atoms with Gasteiger partial charge in [-0.25, -0.2) is 4.79 Å².